The Morgan fingerprint density at radius 2 is 1.53 bits per heavy atom. The molecule has 0 fully saturated rings. The van der Waals surface area contributed by atoms with Gasteiger partial charge in [0.1, 0.15) is 0 Å². The molecule has 3 aromatic rings. The van der Waals surface area contributed by atoms with Gasteiger partial charge in [-0.2, -0.15) is 0 Å². The summed E-state index contributed by atoms with van der Waals surface area (Å²) in [7, 11) is -1.19. The predicted octanol–water partition coefficient (Wildman–Crippen LogP) is 5.11. The normalized spacial score (nSPS) is 11.9. The molecule has 0 amide bonds. The summed E-state index contributed by atoms with van der Waals surface area (Å²) in [5.74, 6) is 0. The lowest BCUT2D eigenvalue weighted by atomic mass is 10.1. The van der Waals surface area contributed by atoms with Crippen LogP contribution < -0.4 is 5.19 Å². The average Bonchev–Trinajstić information content (AvgIpc) is 2.81. The van der Waals surface area contributed by atoms with Crippen molar-refractivity contribution in [1.82, 2.24) is 0 Å². The van der Waals surface area contributed by atoms with Crippen LogP contribution in [-0.2, 0) is 0 Å². The minimum atomic E-state index is -1.19. The second-order valence-electron chi connectivity index (χ2n) is 5.98. The third-order valence-corrected chi connectivity index (χ3v) is 6.69. The monoisotopic (exact) mass is 282 g/mol. The first-order valence-electron chi connectivity index (χ1n) is 6.63. The van der Waals surface area contributed by atoms with Gasteiger partial charge in [-0.3, -0.25) is 0 Å². The number of thiophene rings is 1. The van der Waals surface area contributed by atoms with Crippen molar-refractivity contribution in [2.24, 2.45) is 0 Å². The van der Waals surface area contributed by atoms with E-state index in [1.807, 2.05) is 11.3 Å². The van der Waals surface area contributed by atoms with E-state index in [1.165, 1.54) is 25.7 Å². The molecule has 0 spiro atoms. The molecule has 3 rings (SSSR count). The largest absolute Gasteiger partial charge is 0.135 e. The van der Waals surface area contributed by atoms with Crippen LogP contribution >= 0.6 is 11.3 Å². The molecule has 1 aromatic heterocycles. The highest BCUT2D eigenvalue weighted by Gasteiger charge is 2.15. The Morgan fingerprint density at radius 3 is 2.16 bits per heavy atom. The summed E-state index contributed by atoms with van der Waals surface area (Å²) in [5.41, 5.74) is 1.34. The third-order valence-electron chi connectivity index (χ3n) is 3.46. The van der Waals surface area contributed by atoms with Gasteiger partial charge in [-0.15, -0.1) is 11.3 Å². The molecule has 2 heteroatoms. The van der Waals surface area contributed by atoms with Crippen molar-refractivity contribution in [3.8, 4) is 10.4 Å². The Bertz CT molecular complexity index is 669. The van der Waals surface area contributed by atoms with E-state index in [4.69, 9.17) is 0 Å². The van der Waals surface area contributed by atoms with Crippen molar-refractivity contribution in [3.05, 3.63) is 54.6 Å². The zero-order valence-corrected chi connectivity index (χ0v) is 13.4. The molecule has 2 aromatic carbocycles. The molecule has 0 N–H and O–H groups in total. The third kappa shape index (κ3) is 2.51. The smallest absolute Gasteiger partial charge is 0.0775 e. The molecule has 0 saturated heterocycles. The van der Waals surface area contributed by atoms with E-state index in [0.29, 0.717) is 0 Å². The second-order valence-corrected chi connectivity index (χ2v) is 12.1. The molecular weight excluding hydrogens is 264 g/mol. The second kappa shape index (κ2) is 4.62. The summed E-state index contributed by atoms with van der Waals surface area (Å²) in [6, 6.07) is 20.1. The lowest BCUT2D eigenvalue weighted by Gasteiger charge is -2.16. The topological polar surface area (TPSA) is 0 Å². The minimum Gasteiger partial charge on any atom is -0.135 e. The summed E-state index contributed by atoms with van der Waals surface area (Å²) in [6.07, 6.45) is 0. The summed E-state index contributed by atoms with van der Waals surface area (Å²) in [6.45, 7) is 7.17. The Balaban J connectivity index is 2.02. The summed E-state index contributed by atoms with van der Waals surface area (Å²) in [5, 5.41) is 2.87. The van der Waals surface area contributed by atoms with Crippen molar-refractivity contribution in [2.45, 2.75) is 19.6 Å². The highest BCUT2D eigenvalue weighted by atomic mass is 32.1. The number of hydrogen-bond acceptors (Lipinski definition) is 1. The van der Waals surface area contributed by atoms with Crippen LogP contribution in [0, 0.1) is 0 Å². The SMILES string of the molecule is C[Si](C)(C)c1ccc(-c2cc3ccccc3s2)cc1. The van der Waals surface area contributed by atoms with Crippen molar-refractivity contribution >= 4 is 34.7 Å². The molecule has 0 aliphatic carbocycles. The van der Waals surface area contributed by atoms with Crippen LogP contribution in [0.1, 0.15) is 0 Å². The Hall–Kier alpha value is -1.38. The van der Waals surface area contributed by atoms with E-state index in [2.05, 4.69) is 74.2 Å². The van der Waals surface area contributed by atoms with Crippen molar-refractivity contribution in [1.29, 1.82) is 0 Å². The number of rotatable bonds is 2. The molecule has 19 heavy (non-hydrogen) atoms. The van der Waals surface area contributed by atoms with Crippen molar-refractivity contribution in [3.63, 3.8) is 0 Å². The lowest BCUT2D eigenvalue weighted by Crippen LogP contribution is -2.37. The number of benzene rings is 2. The van der Waals surface area contributed by atoms with Crippen LogP contribution in [0.2, 0.25) is 19.6 Å². The molecular formula is C17H18SSi. The molecule has 96 valence electrons. The van der Waals surface area contributed by atoms with Crippen LogP contribution in [0.5, 0.6) is 0 Å². The minimum absolute atomic E-state index is 1.19. The van der Waals surface area contributed by atoms with Crippen LogP contribution in [0.25, 0.3) is 20.5 Å². The van der Waals surface area contributed by atoms with E-state index in [1.54, 1.807) is 0 Å². The van der Waals surface area contributed by atoms with E-state index < -0.39 is 8.07 Å². The van der Waals surface area contributed by atoms with E-state index >= 15 is 0 Å². The molecule has 0 radical (unpaired) electrons. The van der Waals surface area contributed by atoms with Crippen molar-refractivity contribution in [2.75, 3.05) is 0 Å². The van der Waals surface area contributed by atoms with Crippen LogP contribution in [0.4, 0.5) is 0 Å². The average molecular weight is 282 g/mol. The van der Waals surface area contributed by atoms with Gasteiger partial charge < -0.3 is 0 Å². The lowest BCUT2D eigenvalue weighted by molar-refractivity contribution is 1.67. The summed E-state index contributed by atoms with van der Waals surface area (Å²) < 4.78 is 1.37. The van der Waals surface area contributed by atoms with Crippen LogP contribution in [-0.4, -0.2) is 8.07 Å². The van der Waals surface area contributed by atoms with Gasteiger partial charge in [0.05, 0.1) is 8.07 Å². The first-order chi connectivity index (χ1) is 9.04. The Morgan fingerprint density at radius 1 is 0.842 bits per heavy atom. The number of hydrogen-bond donors (Lipinski definition) is 0. The van der Waals surface area contributed by atoms with Gasteiger partial charge in [-0.25, -0.2) is 0 Å². The van der Waals surface area contributed by atoms with Gasteiger partial charge in [0.2, 0.25) is 0 Å². The van der Waals surface area contributed by atoms with Crippen molar-refractivity contribution < 1.29 is 0 Å². The van der Waals surface area contributed by atoms with E-state index in [-0.39, 0.29) is 0 Å². The fraction of sp³-hybridized carbons (Fsp3) is 0.176. The fourth-order valence-electron chi connectivity index (χ4n) is 2.26. The molecule has 0 atom stereocenters. The van der Waals surface area contributed by atoms with Gasteiger partial charge in [0.15, 0.2) is 0 Å². The Labute approximate surface area is 119 Å². The highest BCUT2D eigenvalue weighted by molar-refractivity contribution is 7.22. The molecule has 0 nitrogen and oxygen atoms in total. The first-order valence-corrected chi connectivity index (χ1v) is 11.0. The molecule has 0 unspecified atom stereocenters. The van der Waals surface area contributed by atoms with Gasteiger partial charge in [0.25, 0.3) is 0 Å². The zero-order valence-electron chi connectivity index (χ0n) is 11.6. The van der Waals surface area contributed by atoms with Gasteiger partial charge in [-0.1, -0.05) is 67.3 Å². The standard InChI is InChI=1S/C17H18SSi/c1-19(2,3)15-10-8-13(9-11-15)17-12-14-6-4-5-7-16(14)18-17/h4-12H,1-3H3. The maximum atomic E-state index is 2.39. The molecule has 0 aliphatic heterocycles. The quantitative estimate of drug-likeness (QED) is 0.573. The van der Waals surface area contributed by atoms with E-state index in [0.717, 1.165) is 0 Å². The van der Waals surface area contributed by atoms with Gasteiger partial charge in [0, 0.05) is 9.58 Å². The first kappa shape index (κ1) is 12.6. The van der Waals surface area contributed by atoms with Crippen LogP contribution in [0.15, 0.2) is 54.6 Å². The predicted molar refractivity (Wildman–Crippen MR) is 90.2 cm³/mol. The Kier molecular flexibility index (Phi) is 3.07. The zero-order chi connectivity index (χ0) is 13.5. The summed E-state index contributed by atoms with van der Waals surface area (Å²) in [4.78, 5) is 1.36. The maximum Gasteiger partial charge on any atom is 0.0775 e. The van der Waals surface area contributed by atoms with Gasteiger partial charge >= 0.3 is 0 Å². The highest BCUT2D eigenvalue weighted by Crippen LogP contribution is 2.32. The fourth-order valence-corrected chi connectivity index (χ4v) is 4.49. The molecule has 0 bridgehead atoms. The summed E-state index contributed by atoms with van der Waals surface area (Å²) >= 11 is 1.88. The van der Waals surface area contributed by atoms with E-state index in [9.17, 15) is 0 Å². The molecule has 1 heterocycles. The van der Waals surface area contributed by atoms with Crippen LogP contribution in [0.3, 0.4) is 0 Å². The number of fused-ring (bicyclic) bond motifs is 1. The molecule has 0 saturated carbocycles. The van der Waals surface area contributed by atoms with Gasteiger partial charge in [-0.05, 0) is 23.1 Å². The molecule has 0 aliphatic rings. The maximum absolute atomic E-state index is 2.39.